The van der Waals surface area contributed by atoms with Crippen LogP contribution >= 0.6 is 0 Å². The fourth-order valence-electron chi connectivity index (χ4n) is 8.39. The van der Waals surface area contributed by atoms with Gasteiger partial charge in [0.05, 0.1) is 0 Å². The van der Waals surface area contributed by atoms with Crippen molar-refractivity contribution in [1.29, 1.82) is 0 Å². The standard InChI is InChI=1S/C27H59O3Si3.CHF3O3S/c1-19(2)32(20(3)4,21(5)6)28-18-27-17-16-25(26(27)30(27)31(13,14)15)29-33(22(7)8,23(9)10)24(11)12;2-1(3,4)8(5,6)7/h19-26H,16-18H2,1-15H3;(H,5,6,7)/q+1;/p-1/t25-,26+,27+;/m1./s1. The molecular weight excluding hydrogens is 606 g/mol. The molecule has 0 bridgehead atoms. The molecule has 1 heterocycles. The molecule has 2 aliphatic rings. The number of fused-ring (bicyclic) bond motifs is 1. The van der Waals surface area contributed by atoms with Crippen LogP contribution in [0.4, 0.5) is 13.2 Å². The van der Waals surface area contributed by atoms with E-state index in [2.05, 4.69) is 107 Å². The minimum atomic E-state index is -6.09. The molecule has 246 valence electrons. The summed E-state index contributed by atoms with van der Waals surface area (Å²) in [5.41, 5.74) is -1.69. The van der Waals surface area contributed by atoms with Gasteiger partial charge in [0, 0.05) is 26.1 Å². The summed E-state index contributed by atoms with van der Waals surface area (Å²) in [6.45, 7) is 37.3. The summed E-state index contributed by atoms with van der Waals surface area (Å²) in [7, 11) is -11.4. The van der Waals surface area contributed by atoms with Crippen LogP contribution in [0.25, 0.3) is 0 Å². The van der Waals surface area contributed by atoms with Crippen molar-refractivity contribution in [1.82, 2.24) is 0 Å². The van der Waals surface area contributed by atoms with Gasteiger partial charge in [-0.2, -0.15) is 13.2 Å². The maximum atomic E-state index is 10.7. The van der Waals surface area contributed by atoms with Gasteiger partial charge in [-0.3, -0.25) is 0 Å². The fourth-order valence-corrected chi connectivity index (χ4v) is 22.0. The van der Waals surface area contributed by atoms with Crippen molar-refractivity contribution in [2.24, 2.45) is 0 Å². The molecule has 0 amide bonds. The molecule has 1 saturated heterocycles. The molecule has 1 aliphatic heterocycles. The fraction of sp³-hybridized carbons (Fsp3) is 1.00. The van der Waals surface area contributed by atoms with Gasteiger partial charge in [-0.15, -0.1) is 0 Å². The number of epoxide rings is 1. The molecule has 0 N–H and O–H groups in total. The predicted molar refractivity (Wildman–Crippen MR) is 169 cm³/mol. The largest absolute Gasteiger partial charge is 0.741 e. The lowest BCUT2D eigenvalue weighted by atomic mass is 10.1. The van der Waals surface area contributed by atoms with E-state index >= 15 is 0 Å². The van der Waals surface area contributed by atoms with Gasteiger partial charge in [-0.1, -0.05) is 83.1 Å². The Morgan fingerprint density at radius 2 is 1.15 bits per heavy atom. The SMILES string of the molecule is CC(C)[Si](OC[C@@]12CC[C@@H](O[Si](C(C)C)(C(C)C)C(C)C)[C@@H]1[O+]2[Si](C)(C)C)(C(C)C)C(C)C.O=S(=O)([O-])C(F)(F)F. The van der Waals surface area contributed by atoms with Gasteiger partial charge in [0.2, 0.25) is 28.3 Å². The van der Waals surface area contributed by atoms with Crippen molar-refractivity contribution in [3.05, 3.63) is 0 Å². The molecule has 2 rings (SSSR count). The normalized spacial score (nSPS) is 24.6. The highest BCUT2D eigenvalue weighted by Crippen LogP contribution is 2.63. The van der Waals surface area contributed by atoms with Crippen LogP contribution in [0.1, 0.15) is 95.9 Å². The van der Waals surface area contributed by atoms with E-state index in [4.69, 9.17) is 21.8 Å². The van der Waals surface area contributed by atoms with Crippen LogP contribution in [0.15, 0.2) is 0 Å². The van der Waals surface area contributed by atoms with Crippen LogP contribution in [0, 0.1) is 0 Å². The van der Waals surface area contributed by atoms with E-state index in [1.54, 1.807) is 0 Å². The molecule has 0 aromatic heterocycles. The van der Waals surface area contributed by atoms with E-state index in [0.717, 1.165) is 6.61 Å². The van der Waals surface area contributed by atoms with Crippen LogP contribution in [0.2, 0.25) is 52.9 Å². The zero-order valence-electron chi connectivity index (χ0n) is 28.2. The number of hydrogen-bond donors (Lipinski definition) is 0. The van der Waals surface area contributed by atoms with Crippen molar-refractivity contribution in [3.63, 3.8) is 0 Å². The molecule has 6 nitrogen and oxygen atoms in total. The summed E-state index contributed by atoms with van der Waals surface area (Å²) in [5.74, 6) is 0. The van der Waals surface area contributed by atoms with Crippen LogP contribution in [-0.4, -0.2) is 67.8 Å². The third kappa shape index (κ3) is 7.73. The van der Waals surface area contributed by atoms with Crippen molar-refractivity contribution >= 4 is 35.1 Å². The van der Waals surface area contributed by atoms with Crippen molar-refractivity contribution in [3.8, 4) is 0 Å². The van der Waals surface area contributed by atoms with Crippen LogP contribution < -0.4 is 0 Å². The van der Waals surface area contributed by atoms with Crippen molar-refractivity contribution in [2.45, 2.75) is 172 Å². The smallest absolute Gasteiger partial charge is 0.485 e. The Morgan fingerprint density at radius 3 is 1.41 bits per heavy atom. The summed E-state index contributed by atoms with van der Waals surface area (Å²) in [6.07, 6.45) is 3.26. The maximum absolute atomic E-state index is 10.7. The van der Waals surface area contributed by atoms with Gasteiger partial charge in [0.25, 0.3) is 0 Å². The zero-order valence-corrected chi connectivity index (χ0v) is 32.0. The van der Waals surface area contributed by atoms with Crippen molar-refractivity contribution < 1.29 is 39.1 Å². The van der Waals surface area contributed by atoms with E-state index in [-0.39, 0.29) is 5.60 Å². The van der Waals surface area contributed by atoms with Gasteiger partial charge >= 0.3 is 13.8 Å². The first-order chi connectivity index (χ1) is 18.2. The molecule has 13 heteroatoms. The third-order valence-corrected chi connectivity index (χ3v) is 24.4. The molecule has 0 unspecified atom stereocenters. The highest BCUT2D eigenvalue weighted by molar-refractivity contribution is 7.86. The molecule has 0 spiro atoms. The van der Waals surface area contributed by atoms with Gasteiger partial charge in [0.1, 0.15) is 12.7 Å². The van der Waals surface area contributed by atoms with Gasteiger partial charge < -0.3 is 17.5 Å². The van der Waals surface area contributed by atoms with Crippen LogP contribution in [-0.2, 0) is 23.0 Å². The monoisotopic (exact) mass is 664 g/mol. The first kappa shape index (κ1) is 39.3. The molecule has 41 heavy (non-hydrogen) atoms. The summed E-state index contributed by atoms with van der Waals surface area (Å²) in [6, 6.07) is 0. The highest BCUT2D eigenvalue weighted by atomic mass is 32.2. The van der Waals surface area contributed by atoms with E-state index < -0.39 is 40.6 Å². The van der Waals surface area contributed by atoms with Crippen LogP contribution in [0.3, 0.4) is 0 Å². The van der Waals surface area contributed by atoms with Gasteiger partial charge in [0.15, 0.2) is 10.1 Å². The lowest BCUT2D eigenvalue weighted by molar-refractivity contribution is -0.0517. The lowest BCUT2D eigenvalue weighted by Crippen LogP contribution is -2.51. The third-order valence-electron chi connectivity index (χ3n) is 9.62. The Hall–Kier alpha value is 0.231. The molecule has 2 fully saturated rings. The lowest BCUT2D eigenvalue weighted by Gasteiger charge is -2.44. The topological polar surface area (TPSA) is 78.4 Å². The Bertz CT molecular complexity index is 921. The molecule has 0 aromatic carbocycles. The minimum absolute atomic E-state index is 0.150. The second kappa shape index (κ2) is 13.3. The Balaban J connectivity index is 0.000000915. The molecule has 1 saturated carbocycles. The number of halogens is 3. The second-order valence-corrected chi connectivity index (χ2v) is 31.9. The van der Waals surface area contributed by atoms with E-state index in [0.29, 0.717) is 45.5 Å². The minimum Gasteiger partial charge on any atom is -0.741 e. The summed E-state index contributed by atoms with van der Waals surface area (Å²) >= 11 is 0. The quantitative estimate of drug-likeness (QED) is 0.0684. The molecule has 0 radical (unpaired) electrons. The maximum Gasteiger partial charge on any atom is 0.485 e. The predicted octanol–water partition coefficient (Wildman–Crippen LogP) is 9.09. The first-order valence-electron chi connectivity index (χ1n) is 15.2. The number of hydrogen-bond acceptors (Lipinski definition) is 5. The number of rotatable bonds is 12. The van der Waals surface area contributed by atoms with E-state index in [1.165, 1.54) is 12.8 Å². The second-order valence-electron chi connectivity index (χ2n) is 15.0. The van der Waals surface area contributed by atoms with Crippen LogP contribution in [0.5, 0.6) is 0 Å². The molecular formula is C28H59F3O6SSi3. The highest BCUT2D eigenvalue weighted by Gasteiger charge is 2.82. The Morgan fingerprint density at radius 1 is 0.805 bits per heavy atom. The molecule has 1 aliphatic carbocycles. The molecule has 0 aromatic rings. The van der Waals surface area contributed by atoms with Gasteiger partial charge in [-0.25, -0.2) is 8.42 Å². The van der Waals surface area contributed by atoms with E-state index in [1.807, 2.05) is 0 Å². The summed E-state index contributed by atoms with van der Waals surface area (Å²) in [5, 5.41) is 0. The average molecular weight is 665 g/mol. The Kier molecular flexibility index (Phi) is 12.7. The van der Waals surface area contributed by atoms with Crippen molar-refractivity contribution in [2.75, 3.05) is 6.61 Å². The zero-order chi connectivity index (χ0) is 32.7. The summed E-state index contributed by atoms with van der Waals surface area (Å²) < 4.78 is 77.5. The first-order valence-corrected chi connectivity index (χ1v) is 24.3. The average Bonchev–Trinajstić information content (AvgIpc) is 3.29. The Labute approximate surface area is 252 Å². The summed E-state index contributed by atoms with van der Waals surface area (Å²) in [4.78, 5) is 0. The number of alkyl halides is 3. The molecule has 3 atom stereocenters. The van der Waals surface area contributed by atoms with E-state index in [9.17, 15) is 13.2 Å². The van der Waals surface area contributed by atoms with Gasteiger partial charge in [-0.05, 0) is 39.7 Å².